The Hall–Kier alpha value is -2.32. The van der Waals surface area contributed by atoms with E-state index in [1.165, 1.54) is 10.5 Å². The van der Waals surface area contributed by atoms with Crippen molar-refractivity contribution >= 4 is 33.5 Å². The number of amidine groups is 1. The van der Waals surface area contributed by atoms with Gasteiger partial charge in [0.1, 0.15) is 10.9 Å². The zero-order valence-corrected chi connectivity index (χ0v) is 17.8. The van der Waals surface area contributed by atoms with Crippen molar-refractivity contribution in [2.24, 2.45) is 4.40 Å². The van der Waals surface area contributed by atoms with E-state index in [2.05, 4.69) is 40.9 Å². The number of thioether (sulfide) groups is 1. The SMILES string of the molecule is Cc1ccc(SCCNC(=O)[C@@H]2CCCN2C2=NS(=O)(=O)c3ccccc32)cc1. The van der Waals surface area contributed by atoms with Crippen molar-refractivity contribution in [3.8, 4) is 0 Å². The van der Waals surface area contributed by atoms with Crippen LogP contribution in [-0.2, 0) is 14.8 Å². The highest BCUT2D eigenvalue weighted by molar-refractivity contribution is 7.99. The number of benzene rings is 2. The van der Waals surface area contributed by atoms with Crippen molar-refractivity contribution in [2.75, 3.05) is 18.8 Å². The van der Waals surface area contributed by atoms with Gasteiger partial charge < -0.3 is 10.2 Å². The molecule has 1 atom stereocenters. The van der Waals surface area contributed by atoms with Crippen molar-refractivity contribution < 1.29 is 13.2 Å². The van der Waals surface area contributed by atoms with Crippen LogP contribution in [0.4, 0.5) is 0 Å². The van der Waals surface area contributed by atoms with Crippen molar-refractivity contribution in [3.63, 3.8) is 0 Å². The van der Waals surface area contributed by atoms with Gasteiger partial charge in [0.15, 0.2) is 5.84 Å². The average Bonchev–Trinajstić information content (AvgIpc) is 3.29. The summed E-state index contributed by atoms with van der Waals surface area (Å²) in [6.07, 6.45) is 1.52. The van der Waals surface area contributed by atoms with Crippen LogP contribution in [0.25, 0.3) is 0 Å². The van der Waals surface area contributed by atoms with Gasteiger partial charge in [-0.2, -0.15) is 8.42 Å². The predicted molar refractivity (Wildman–Crippen MR) is 115 cm³/mol. The van der Waals surface area contributed by atoms with E-state index in [-0.39, 0.29) is 16.8 Å². The standard InChI is InChI=1S/C21H23N3O3S2/c1-15-8-10-16(11-9-15)28-14-12-22-21(25)18-6-4-13-24(18)20-17-5-2-3-7-19(17)29(26,27)23-20/h2-3,5,7-11,18H,4,6,12-14H2,1H3,(H,22,25)/t18-/m0/s1. The molecular weight excluding hydrogens is 406 g/mol. The van der Waals surface area contributed by atoms with Gasteiger partial charge in [-0.05, 0) is 44.0 Å². The molecule has 152 valence electrons. The number of nitrogens with one attached hydrogen (secondary N) is 1. The molecule has 0 radical (unpaired) electrons. The number of rotatable bonds is 5. The molecule has 0 unspecified atom stereocenters. The molecule has 1 fully saturated rings. The quantitative estimate of drug-likeness (QED) is 0.584. The molecule has 4 rings (SSSR count). The maximum Gasteiger partial charge on any atom is 0.285 e. The molecule has 0 saturated carbocycles. The lowest BCUT2D eigenvalue weighted by Crippen LogP contribution is -2.46. The average molecular weight is 430 g/mol. The fourth-order valence-corrected chi connectivity index (χ4v) is 5.67. The third-order valence-corrected chi connectivity index (χ3v) is 7.47. The fraction of sp³-hybridized carbons (Fsp3) is 0.333. The largest absolute Gasteiger partial charge is 0.353 e. The third kappa shape index (κ3) is 4.18. The predicted octanol–water partition coefficient (Wildman–Crippen LogP) is 2.82. The van der Waals surface area contributed by atoms with Gasteiger partial charge in [0, 0.05) is 29.3 Å². The summed E-state index contributed by atoms with van der Waals surface area (Å²) in [6, 6.07) is 14.7. The highest BCUT2D eigenvalue weighted by Crippen LogP contribution is 2.31. The van der Waals surface area contributed by atoms with E-state index in [1.807, 2.05) is 4.90 Å². The summed E-state index contributed by atoms with van der Waals surface area (Å²) in [5.41, 5.74) is 1.81. The Morgan fingerprint density at radius 2 is 1.97 bits per heavy atom. The molecule has 1 N–H and O–H groups in total. The first-order chi connectivity index (χ1) is 14.0. The molecule has 0 spiro atoms. The molecule has 29 heavy (non-hydrogen) atoms. The number of carbonyl (C=O) groups excluding carboxylic acids is 1. The summed E-state index contributed by atoms with van der Waals surface area (Å²) in [4.78, 5) is 16.0. The Morgan fingerprint density at radius 1 is 1.21 bits per heavy atom. The number of aryl methyl sites for hydroxylation is 1. The molecule has 2 heterocycles. The maximum atomic E-state index is 12.8. The fourth-order valence-electron chi connectivity index (χ4n) is 3.68. The van der Waals surface area contributed by atoms with Crippen LogP contribution in [0.2, 0.25) is 0 Å². The highest BCUT2D eigenvalue weighted by atomic mass is 32.2. The van der Waals surface area contributed by atoms with Crippen molar-refractivity contribution in [3.05, 3.63) is 59.7 Å². The summed E-state index contributed by atoms with van der Waals surface area (Å²) in [6.45, 7) is 3.24. The number of likely N-dealkylation sites (tertiary alicyclic amines) is 1. The lowest BCUT2D eigenvalue weighted by Gasteiger charge is -2.25. The van der Waals surface area contributed by atoms with E-state index in [9.17, 15) is 13.2 Å². The van der Waals surface area contributed by atoms with Crippen molar-refractivity contribution in [1.82, 2.24) is 10.2 Å². The van der Waals surface area contributed by atoms with Crippen molar-refractivity contribution in [2.45, 2.75) is 35.6 Å². The summed E-state index contributed by atoms with van der Waals surface area (Å²) in [5.74, 6) is 1.10. The van der Waals surface area contributed by atoms with E-state index in [4.69, 9.17) is 0 Å². The molecule has 0 aromatic heterocycles. The Labute approximate surface area is 175 Å². The summed E-state index contributed by atoms with van der Waals surface area (Å²) in [7, 11) is -3.68. The van der Waals surface area contributed by atoms with Crippen LogP contribution in [0.5, 0.6) is 0 Å². The molecular formula is C21H23N3O3S2. The minimum absolute atomic E-state index is 0.0727. The number of hydrogen-bond acceptors (Lipinski definition) is 5. The van der Waals surface area contributed by atoms with Crippen LogP contribution >= 0.6 is 11.8 Å². The topological polar surface area (TPSA) is 78.8 Å². The van der Waals surface area contributed by atoms with Gasteiger partial charge in [0.25, 0.3) is 10.0 Å². The molecule has 2 aliphatic rings. The van der Waals surface area contributed by atoms with Gasteiger partial charge >= 0.3 is 0 Å². The van der Waals surface area contributed by atoms with Crippen LogP contribution in [0.3, 0.4) is 0 Å². The van der Waals surface area contributed by atoms with Gasteiger partial charge in [-0.1, -0.05) is 29.8 Å². The Bertz CT molecular complexity index is 1050. The van der Waals surface area contributed by atoms with Gasteiger partial charge in [0.05, 0.1) is 0 Å². The zero-order valence-electron chi connectivity index (χ0n) is 16.2. The Balaban J connectivity index is 1.38. The summed E-state index contributed by atoms with van der Waals surface area (Å²) < 4.78 is 28.7. The second kappa shape index (κ2) is 8.20. The number of sulfonamides is 1. The van der Waals surface area contributed by atoms with E-state index in [1.54, 1.807) is 36.0 Å². The molecule has 1 amide bonds. The molecule has 1 saturated heterocycles. The normalized spacial score (nSPS) is 19.7. The van der Waals surface area contributed by atoms with Gasteiger partial charge in [-0.15, -0.1) is 16.2 Å². The second-order valence-corrected chi connectivity index (χ2v) is 9.93. The van der Waals surface area contributed by atoms with Crippen LogP contribution in [0, 0.1) is 6.92 Å². The van der Waals surface area contributed by atoms with Gasteiger partial charge in [-0.3, -0.25) is 4.79 Å². The molecule has 2 aromatic rings. The first-order valence-corrected chi connectivity index (χ1v) is 12.1. The lowest BCUT2D eigenvalue weighted by molar-refractivity contribution is -0.124. The van der Waals surface area contributed by atoms with E-state index in [0.29, 0.717) is 30.9 Å². The van der Waals surface area contributed by atoms with Gasteiger partial charge in [-0.25, -0.2) is 0 Å². The van der Waals surface area contributed by atoms with Crippen molar-refractivity contribution in [1.29, 1.82) is 0 Å². The Morgan fingerprint density at radius 3 is 2.76 bits per heavy atom. The number of fused-ring (bicyclic) bond motifs is 1. The van der Waals surface area contributed by atoms with Gasteiger partial charge in [0.2, 0.25) is 5.91 Å². The number of carbonyl (C=O) groups is 1. The molecule has 0 bridgehead atoms. The molecule has 0 aliphatic carbocycles. The zero-order chi connectivity index (χ0) is 20.4. The lowest BCUT2D eigenvalue weighted by atomic mass is 10.1. The smallest absolute Gasteiger partial charge is 0.285 e. The monoisotopic (exact) mass is 429 g/mol. The van der Waals surface area contributed by atoms with Crippen LogP contribution in [-0.4, -0.2) is 49.9 Å². The van der Waals surface area contributed by atoms with E-state index >= 15 is 0 Å². The second-order valence-electron chi connectivity index (χ2n) is 7.19. The Kier molecular flexibility index (Phi) is 5.65. The van der Waals surface area contributed by atoms with Crippen LogP contribution in [0.15, 0.2) is 62.7 Å². The number of hydrogen-bond donors (Lipinski definition) is 1. The number of amides is 1. The first kappa shape index (κ1) is 20.0. The van der Waals surface area contributed by atoms with Crippen LogP contribution in [0.1, 0.15) is 24.0 Å². The molecule has 8 heteroatoms. The van der Waals surface area contributed by atoms with E-state index < -0.39 is 10.0 Å². The van der Waals surface area contributed by atoms with E-state index in [0.717, 1.165) is 12.2 Å². The molecule has 6 nitrogen and oxygen atoms in total. The molecule has 2 aliphatic heterocycles. The summed E-state index contributed by atoms with van der Waals surface area (Å²) >= 11 is 1.70. The first-order valence-electron chi connectivity index (χ1n) is 9.64. The van der Waals surface area contributed by atoms with Crippen LogP contribution < -0.4 is 5.32 Å². The third-order valence-electron chi connectivity index (χ3n) is 5.13. The molecule has 2 aromatic carbocycles. The maximum absolute atomic E-state index is 12.8. The minimum atomic E-state index is -3.68. The highest BCUT2D eigenvalue weighted by Gasteiger charge is 2.38. The number of nitrogens with zero attached hydrogens (tertiary/aromatic N) is 2. The minimum Gasteiger partial charge on any atom is -0.353 e. The summed E-state index contributed by atoms with van der Waals surface area (Å²) in [5, 5.41) is 3.00.